The molecule has 1 aliphatic rings. The first kappa shape index (κ1) is 19.1. The molecular weight excluding hydrogens is 371 g/mol. The van der Waals surface area contributed by atoms with Gasteiger partial charge in [0.25, 0.3) is 5.91 Å². The van der Waals surface area contributed by atoms with Crippen molar-refractivity contribution in [2.24, 2.45) is 0 Å². The number of aryl methyl sites for hydroxylation is 1. The molecule has 150 valence electrons. The molecular formula is C22H23FN4O2. The zero-order chi connectivity index (χ0) is 20.4. The lowest BCUT2D eigenvalue weighted by Crippen LogP contribution is -2.49. The van der Waals surface area contributed by atoms with Crippen molar-refractivity contribution in [1.29, 1.82) is 0 Å². The number of halogens is 1. The summed E-state index contributed by atoms with van der Waals surface area (Å²) in [4.78, 5) is 35.0. The smallest absolute Gasteiger partial charge is 0.268 e. The number of aromatic nitrogens is 2. The van der Waals surface area contributed by atoms with Crippen molar-refractivity contribution in [3.05, 3.63) is 65.4 Å². The highest BCUT2D eigenvalue weighted by atomic mass is 19.1. The Kier molecular flexibility index (Phi) is 5.29. The van der Waals surface area contributed by atoms with E-state index in [9.17, 15) is 14.0 Å². The van der Waals surface area contributed by atoms with Gasteiger partial charge in [-0.25, -0.2) is 4.39 Å². The number of nitrogens with zero attached hydrogens (tertiary/aromatic N) is 2. The highest BCUT2D eigenvalue weighted by Gasteiger charge is 2.28. The van der Waals surface area contributed by atoms with Gasteiger partial charge in [-0.2, -0.15) is 0 Å². The monoisotopic (exact) mass is 394 g/mol. The standard InChI is InChI=1S/C22H23FN4O2/c1-14-10-16-12-18(25-20(16)13-24-14)21(28)26-19(22(29)27-8-2-3-9-27)11-15-4-6-17(23)7-5-15/h4-7,10,12-13,19,25H,2-3,8-9,11H2,1H3,(H,26,28)/t19-/m0/s1. The maximum absolute atomic E-state index is 13.2. The number of hydrogen-bond donors (Lipinski definition) is 2. The molecule has 7 heteroatoms. The molecule has 1 aromatic carbocycles. The number of H-pyrrole nitrogens is 1. The molecule has 0 saturated carbocycles. The normalized spacial score (nSPS) is 14.9. The number of nitrogens with one attached hydrogen (secondary N) is 2. The van der Waals surface area contributed by atoms with Crippen molar-refractivity contribution in [1.82, 2.24) is 20.2 Å². The maximum atomic E-state index is 13.2. The number of amides is 2. The van der Waals surface area contributed by atoms with Crippen LogP contribution in [0.3, 0.4) is 0 Å². The van der Waals surface area contributed by atoms with Gasteiger partial charge in [-0.1, -0.05) is 12.1 Å². The fraction of sp³-hybridized carbons (Fsp3) is 0.318. The average molecular weight is 394 g/mol. The van der Waals surface area contributed by atoms with Crippen molar-refractivity contribution in [3.8, 4) is 0 Å². The highest BCUT2D eigenvalue weighted by Crippen LogP contribution is 2.17. The van der Waals surface area contributed by atoms with E-state index >= 15 is 0 Å². The predicted molar refractivity (Wildman–Crippen MR) is 108 cm³/mol. The average Bonchev–Trinajstić information content (AvgIpc) is 3.38. The number of carbonyl (C=O) groups is 2. The maximum Gasteiger partial charge on any atom is 0.268 e. The van der Waals surface area contributed by atoms with Gasteiger partial charge in [0, 0.05) is 30.6 Å². The fourth-order valence-electron chi connectivity index (χ4n) is 3.71. The number of carbonyl (C=O) groups excluding carboxylic acids is 2. The van der Waals surface area contributed by atoms with E-state index in [2.05, 4.69) is 15.3 Å². The Balaban J connectivity index is 1.56. The Hall–Kier alpha value is -3.22. The van der Waals surface area contributed by atoms with Crippen LogP contribution in [0.1, 0.15) is 34.6 Å². The third-order valence-corrected chi connectivity index (χ3v) is 5.26. The lowest BCUT2D eigenvalue weighted by atomic mass is 10.0. The zero-order valence-corrected chi connectivity index (χ0v) is 16.2. The summed E-state index contributed by atoms with van der Waals surface area (Å²) in [6, 6.07) is 8.95. The summed E-state index contributed by atoms with van der Waals surface area (Å²) in [7, 11) is 0. The van der Waals surface area contributed by atoms with Crippen LogP contribution in [-0.4, -0.2) is 45.8 Å². The molecule has 29 heavy (non-hydrogen) atoms. The first-order valence-corrected chi connectivity index (χ1v) is 9.79. The van der Waals surface area contributed by atoms with Crippen LogP contribution in [0.2, 0.25) is 0 Å². The van der Waals surface area contributed by atoms with E-state index in [-0.39, 0.29) is 17.6 Å². The van der Waals surface area contributed by atoms with E-state index in [1.807, 2.05) is 13.0 Å². The number of aromatic amines is 1. The van der Waals surface area contributed by atoms with E-state index in [1.165, 1.54) is 12.1 Å². The third-order valence-electron chi connectivity index (χ3n) is 5.26. The third kappa shape index (κ3) is 4.29. The van der Waals surface area contributed by atoms with Gasteiger partial charge in [0.2, 0.25) is 5.91 Å². The second kappa shape index (κ2) is 8.03. The lowest BCUT2D eigenvalue weighted by molar-refractivity contribution is -0.132. The van der Waals surface area contributed by atoms with E-state index in [1.54, 1.807) is 29.3 Å². The summed E-state index contributed by atoms with van der Waals surface area (Å²) in [5.74, 6) is -0.783. The fourth-order valence-corrected chi connectivity index (χ4v) is 3.71. The molecule has 1 saturated heterocycles. The summed E-state index contributed by atoms with van der Waals surface area (Å²) in [5, 5.41) is 3.77. The molecule has 1 fully saturated rings. The van der Waals surface area contributed by atoms with E-state index < -0.39 is 6.04 Å². The first-order chi connectivity index (χ1) is 14.0. The van der Waals surface area contributed by atoms with Crippen LogP contribution in [-0.2, 0) is 11.2 Å². The SMILES string of the molecule is Cc1cc2cc(C(=O)N[C@@H](Cc3ccc(F)cc3)C(=O)N3CCCC3)[nH]c2cn1. The molecule has 0 unspecified atom stereocenters. The number of benzene rings is 1. The quantitative estimate of drug-likeness (QED) is 0.698. The van der Waals surface area contributed by atoms with Crippen molar-refractivity contribution in [2.45, 2.75) is 32.2 Å². The molecule has 1 aliphatic heterocycles. The minimum absolute atomic E-state index is 0.103. The molecule has 2 N–H and O–H groups in total. The molecule has 3 aromatic rings. The summed E-state index contributed by atoms with van der Waals surface area (Å²) in [5.41, 5.74) is 2.80. The number of hydrogen-bond acceptors (Lipinski definition) is 3. The molecule has 0 aliphatic carbocycles. The van der Waals surface area contributed by atoms with Crippen molar-refractivity contribution >= 4 is 22.7 Å². The summed E-state index contributed by atoms with van der Waals surface area (Å²) in [6.07, 6.45) is 3.93. The van der Waals surface area contributed by atoms with Crippen LogP contribution in [0.5, 0.6) is 0 Å². The number of likely N-dealkylation sites (tertiary alicyclic amines) is 1. The van der Waals surface area contributed by atoms with Gasteiger partial charge in [-0.15, -0.1) is 0 Å². The highest BCUT2D eigenvalue weighted by molar-refractivity contribution is 6.00. The van der Waals surface area contributed by atoms with Gasteiger partial charge in [0.1, 0.15) is 17.6 Å². The van der Waals surface area contributed by atoms with Gasteiger partial charge in [-0.3, -0.25) is 14.6 Å². The second-order valence-electron chi connectivity index (χ2n) is 7.48. The topological polar surface area (TPSA) is 78.1 Å². The molecule has 2 aromatic heterocycles. The Morgan fingerprint density at radius 2 is 1.93 bits per heavy atom. The van der Waals surface area contributed by atoms with Crippen LogP contribution >= 0.6 is 0 Å². The second-order valence-corrected chi connectivity index (χ2v) is 7.48. The van der Waals surface area contributed by atoms with Crippen LogP contribution in [0.15, 0.2) is 42.6 Å². The van der Waals surface area contributed by atoms with Crippen LogP contribution in [0.25, 0.3) is 10.9 Å². The minimum Gasteiger partial charge on any atom is -0.349 e. The lowest BCUT2D eigenvalue weighted by Gasteiger charge is -2.24. The van der Waals surface area contributed by atoms with Gasteiger partial charge < -0.3 is 15.2 Å². The summed E-state index contributed by atoms with van der Waals surface area (Å²) >= 11 is 0. The van der Waals surface area contributed by atoms with Gasteiger partial charge in [0.15, 0.2) is 0 Å². The number of fused-ring (bicyclic) bond motifs is 1. The predicted octanol–water partition coefficient (Wildman–Crippen LogP) is 2.97. The summed E-state index contributed by atoms with van der Waals surface area (Å²) in [6.45, 7) is 3.29. The largest absolute Gasteiger partial charge is 0.349 e. The van der Waals surface area contributed by atoms with Crippen molar-refractivity contribution < 1.29 is 14.0 Å². The molecule has 4 rings (SSSR count). The van der Waals surface area contributed by atoms with Crippen LogP contribution in [0, 0.1) is 12.7 Å². The molecule has 3 heterocycles. The van der Waals surface area contributed by atoms with Gasteiger partial charge in [0.05, 0.1) is 11.7 Å². The molecule has 0 spiro atoms. The first-order valence-electron chi connectivity index (χ1n) is 9.79. The Morgan fingerprint density at radius 1 is 1.21 bits per heavy atom. The minimum atomic E-state index is -0.711. The Bertz CT molecular complexity index is 1040. The molecule has 6 nitrogen and oxygen atoms in total. The Labute approximate surface area is 168 Å². The molecule has 2 amide bonds. The van der Waals surface area contributed by atoms with Crippen molar-refractivity contribution in [2.75, 3.05) is 13.1 Å². The molecule has 1 atom stereocenters. The summed E-state index contributed by atoms with van der Waals surface area (Å²) < 4.78 is 13.2. The van der Waals surface area contributed by atoms with E-state index in [4.69, 9.17) is 0 Å². The number of rotatable bonds is 5. The number of pyridine rings is 1. The zero-order valence-electron chi connectivity index (χ0n) is 16.2. The van der Waals surface area contributed by atoms with E-state index in [0.29, 0.717) is 25.2 Å². The Morgan fingerprint density at radius 3 is 2.66 bits per heavy atom. The van der Waals surface area contributed by atoms with E-state index in [0.717, 1.165) is 35.0 Å². The van der Waals surface area contributed by atoms with Crippen LogP contribution < -0.4 is 5.32 Å². The van der Waals surface area contributed by atoms with Gasteiger partial charge >= 0.3 is 0 Å². The van der Waals surface area contributed by atoms with Crippen molar-refractivity contribution in [3.63, 3.8) is 0 Å². The molecule has 0 radical (unpaired) electrons. The van der Waals surface area contributed by atoms with Gasteiger partial charge in [-0.05, 0) is 49.6 Å². The molecule has 0 bridgehead atoms. The van der Waals surface area contributed by atoms with Crippen LogP contribution in [0.4, 0.5) is 4.39 Å².